The summed E-state index contributed by atoms with van der Waals surface area (Å²) in [7, 11) is 0. The van der Waals surface area contributed by atoms with Crippen molar-refractivity contribution < 1.29 is 24.6 Å². The number of nitrogens with one attached hydrogen (secondary N) is 1. The van der Waals surface area contributed by atoms with E-state index in [2.05, 4.69) is 4.98 Å². The molecule has 0 bridgehead atoms. The van der Waals surface area contributed by atoms with Gasteiger partial charge < -0.3 is 20.1 Å². The smallest absolute Gasteiger partial charge is 0.326 e. The van der Waals surface area contributed by atoms with Crippen molar-refractivity contribution in [3.8, 4) is 0 Å². The van der Waals surface area contributed by atoms with Crippen LogP contribution < -0.4 is 0 Å². The number of hydrogen-bond acceptors (Lipinski definition) is 4. The SMILES string of the molecule is CC(=O)c1c[nH]c(C(=O)N2C[C@@H](O)C[C@H]2C(=O)O)c1. The molecule has 1 amide bonds. The average molecular weight is 266 g/mol. The predicted molar refractivity (Wildman–Crippen MR) is 63.9 cm³/mol. The first-order valence-corrected chi connectivity index (χ1v) is 5.81. The third-order valence-electron chi connectivity index (χ3n) is 3.14. The molecule has 19 heavy (non-hydrogen) atoms. The van der Waals surface area contributed by atoms with Gasteiger partial charge in [0, 0.05) is 24.7 Å². The molecule has 7 heteroatoms. The number of carbonyl (C=O) groups is 3. The van der Waals surface area contributed by atoms with Crippen molar-refractivity contribution in [1.29, 1.82) is 0 Å². The molecule has 0 unspecified atom stereocenters. The third kappa shape index (κ3) is 2.50. The standard InChI is InChI=1S/C12H14N2O5/c1-6(15)7-2-9(13-4-7)11(17)14-5-8(16)3-10(14)12(18)19/h2,4,8,10,13,16H,3,5H2,1H3,(H,18,19)/t8-,10-/m0/s1. The average Bonchev–Trinajstić information content (AvgIpc) is 2.94. The fourth-order valence-corrected chi connectivity index (χ4v) is 2.15. The minimum absolute atomic E-state index is 0.0152. The molecule has 102 valence electrons. The van der Waals surface area contributed by atoms with E-state index in [4.69, 9.17) is 5.11 Å². The van der Waals surface area contributed by atoms with Gasteiger partial charge in [-0.3, -0.25) is 9.59 Å². The number of Topliss-reactive ketones (excluding diaryl/α,β-unsaturated/α-hetero) is 1. The molecule has 1 aliphatic heterocycles. The maximum absolute atomic E-state index is 12.2. The van der Waals surface area contributed by atoms with E-state index in [1.807, 2.05) is 0 Å². The zero-order valence-electron chi connectivity index (χ0n) is 10.3. The molecule has 0 aliphatic carbocycles. The summed E-state index contributed by atoms with van der Waals surface area (Å²) < 4.78 is 0. The van der Waals surface area contributed by atoms with Gasteiger partial charge in [-0.1, -0.05) is 0 Å². The molecule has 2 heterocycles. The van der Waals surface area contributed by atoms with Gasteiger partial charge in [-0.2, -0.15) is 0 Å². The van der Waals surface area contributed by atoms with E-state index in [1.54, 1.807) is 0 Å². The van der Waals surface area contributed by atoms with Crippen molar-refractivity contribution in [3.63, 3.8) is 0 Å². The summed E-state index contributed by atoms with van der Waals surface area (Å²) in [5.74, 6) is -1.87. The zero-order chi connectivity index (χ0) is 14.2. The second kappa shape index (κ2) is 4.85. The van der Waals surface area contributed by atoms with Gasteiger partial charge >= 0.3 is 5.97 Å². The Morgan fingerprint density at radius 1 is 1.42 bits per heavy atom. The van der Waals surface area contributed by atoms with Crippen LogP contribution in [0.4, 0.5) is 0 Å². The summed E-state index contributed by atoms with van der Waals surface area (Å²) in [6, 6.07) is 0.348. The van der Waals surface area contributed by atoms with Crippen LogP contribution >= 0.6 is 0 Å². The minimum atomic E-state index is -1.15. The fourth-order valence-electron chi connectivity index (χ4n) is 2.15. The van der Waals surface area contributed by atoms with Crippen LogP contribution in [-0.4, -0.2) is 56.4 Å². The van der Waals surface area contributed by atoms with E-state index in [1.165, 1.54) is 19.2 Å². The Morgan fingerprint density at radius 2 is 2.11 bits per heavy atom. The van der Waals surface area contributed by atoms with E-state index in [0.29, 0.717) is 5.56 Å². The summed E-state index contributed by atoms with van der Waals surface area (Å²) in [5, 5.41) is 18.5. The number of carbonyl (C=O) groups excluding carboxylic acids is 2. The number of amides is 1. The van der Waals surface area contributed by atoms with E-state index < -0.39 is 24.0 Å². The number of nitrogens with zero attached hydrogens (tertiary/aromatic N) is 1. The summed E-state index contributed by atoms with van der Waals surface area (Å²) in [6.45, 7) is 1.35. The maximum atomic E-state index is 12.2. The number of aliphatic hydroxyl groups excluding tert-OH is 1. The fraction of sp³-hybridized carbons (Fsp3) is 0.417. The normalized spacial score (nSPS) is 22.5. The van der Waals surface area contributed by atoms with E-state index in [-0.39, 0.29) is 24.4 Å². The zero-order valence-corrected chi connectivity index (χ0v) is 10.3. The molecule has 1 saturated heterocycles. The second-order valence-electron chi connectivity index (χ2n) is 4.56. The Morgan fingerprint density at radius 3 is 2.63 bits per heavy atom. The summed E-state index contributed by atoms with van der Waals surface area (Å²) in [4.78, 5) is 38.1. The molecule has 1 aromatic heterocycles. The second-order valence-corrected chi connectivity index (χ2v) is 4.56. The molecule has 0 spiro atoms. The van der Waals surface area contributed by atoms with E-state index >= 15 is 0 Å². The van der Waals surface area contributed by atoms with Crippen molar-refractivity contribution >= 4 is 17.7 Å². The molecule has 1 aromatic rings. The Hall–Kier alpha value is -2.15. The highest BCUT2D eigenvalue weighted by Crippen LogP contribution is 2.21. The maximum Gasteiger partial charge on any atom is 0.326 e. The Bertz CT molecular complexity index is 536. The number of hydrogen-bond donors (Lipinski definition) is 3. The first-order valence-electron chi connectivity index (χ1n) is 5.81. The number of β-amino-alcohol motifs (C(OH)–C–C–N with tert-alkyl or cyclic N) is 1. The Labute approximate surface area is 108 Å². The molecule has 0 saturated carbocycles. The van der Waals surface area contributed by atoms with Gasteiger partial charge in [0.15, 0.2) is 5.78 Å². The molecular formula is C12H14N2O5. The number of carboxylic acids is 1. The van der Waals surface area contributed by atoms with Crippen LogP contribution in [0.5, 0.6) is 0 Å². The lowest BCUT2D eigenvalue weighted by molar-refractivity contribution is -0.141. The number of aromatic amines is 1. The van der Waals surface area contributed by atoms with E-state index in [9.17, 15) is 19.5 Å². The lowest BCUT2D eigenvalue weighted by atomic mass is 10.2. The molecule has 2 atom stereocenters. The van der Waals surface area contributed by atoms with Crippen molar-refractivity contribution in [1.82, 2.24) is 9.88 Å². The van der Waals surface area contributed by atoms with Crippen molar-refractivity contribution in [2.45, 2.75) is 25.5 Å². The Balaban J connectivity index is 2.22. The number of aliphatic hydroxyl groups is 1. The predicted octanol–water partition coefficient (Wildman–Crippen LogP) is -0.123. The highest BCUT2D eigenvalue weighted by atomic mass is 16.4. The van der Waals surface area contributed by atoms with Crippen LogP contribution in [-0.2, 0) is 4.79 Å². The molecule has 0 radical (unpaired) electrons. The van der Waals surface area contributed by atoms with Crippen LogP contribution in [0.1, 0.15) is 34.2 Å². The van der Waals surface area contributed by atoms with Gasteiger partial charge in [0.25, 0.3) is 5.91 Å². The topological polar surface area (TPSA) is 111 Å². The van der Waals surface area contributed by atoms with Crippen LogP contribution in [0.2, 0.25) is 0 Å². The summed E-state index contributed by atoms with van der Waals surface area (Å²) >= 11 is 0. The molecule has 7 nitrogen and oxygen atoms in total. The lowest BCUT2D eigenvalue weighted by Gasteiger charge is -2.20. The van der Waals surface area contributed by atoms with Crippen LogP contribution in [0, 0.1) is 0 Å². The largest absolute Gasteiger partial charge is 0.480 e. The van der Waals surface area contributed by atoms with Crippen LogP contribution in [0.3, 0.4) is 0 Å². The van der Waals surface area contributed by atoms with Gasteiger partial charge in [-0.15, -0.1) is 0 Å². The number of rotatable bonds is 3. The lowest BCUT2D eigenvalue weighted by Crippen LogP contribution is -2.40. The van der Waals surface area contributed by atoms with Gasteiger partial charge in [-0.25, -0.2) is 4.79 Å². The van der Waals surface area contributed by atoms with Gasteiger partial charge in [0.05, 0.1) is 6.10 Å². The molecule has 0 aromatic carbocycles. The van der Waals surface area contributed by atoms with Crippen molar-refractivity contribution in [3.05, 3.63) is 23.5 Å². The van der Waals surface area contributed by atoms with Gasteiger partial charge in [0.1, 0.15) is 11.7 Å². The number of aliphatic carboxylic acids is 1. The van der Waals surface area contributed by atoms with Gasteiger partial charge in [0.2, 0.25) is 0 Å². The molecular weight excluding hydrogens is 252 g/mol. The summed E-state index contributed by atoms with van der Waals surface area (Å²) in [5.41, 5.74) is 0.500. The van der Waals surface area contributed by atoms with Crippen LogP contribution in [0.25, 0.3) is 0 Å². The van der Waals surface area contributed by atoms with Crippen molar-refractivity contribution in [2.75, 3.05) is 6.54 Å². The summed E-state index contributed by atoms with van der Waals surface area (Å²) in [6.07, 6.45) is 0.575. The third-order valence-corrected chi connectivity index (χ3v) is 3.14. The monoisotopic (exact) mass is 266 g/mol. The van der Waals surface area contributed by atoms with Gasteiger partial charge in [-0.05, 0) is 13.0 Å². The number of likely N-dealkylation sites (tertiary alicyclic amines) is 1. The minimum Gasteiger partial charge on any atom is -0.480 e. The van der Waals surface area contributed by atoms with Crippen molar-refractivity contribution in [2.24, 2.45) is 0 Å². The Kier molecular flexibility index (Phi) is 3.39. The molecule has 1 fully saturated rings. The quantitative estimate of drug-likeness (QED) is 0.660. The number of aromatic nitrogens is 1. The highest BCUT2D eigenvalue weighted by Gasteiger charge is 2.39. The first kappa shape index (κ1) is 13.3. The number of carboxylic acid groups (broad SMARTS) is 1. The molecule has 1 aliphatic rings. The molecule has 3 N–H and O–H groups in total. The van der Waals surface area contributed by atoms with E-state index in [0.717, 1.165) is 4.90 Å². The van der Waals surface area contributed by atoms with Crippen LogP contribution in [0.15, 0.2) is 12.3 Å². The number of ketones is 1. The first-order chi connectivity index (χ1) is 8.90. The molecule has 2 rings (SSSR count). The highest BCUT2D eigenvalue weighted by molar-refractivity contribution is 6.00. The number of H-pyrrole nitrogens is 1.